The van der Waals surface area contributed by atoms with Crippen molar-refractivity contribution in [3.8, 4) is 11.3 Å². The first kappa shape index (κ1) is 21.8. The molecule has 30 heavy (non-hydrogen) atoms. The van der Waals surface area contributed by atoms with Crippen molar-refractivity contribution in [2.24, 2.45) is 7.05 Å². The number of aryl methyl sites for hydroxylation is 2. The number of unbranched alkanes of at least 4 members (excludes halogenated alkanes) is 2. The zero-order valence-corrected chi connectivity index (χ0v) is 18.4. The molecule has 0 radical (unpaired) electrons. The molecular formula is C23H27N3O3S. The summed E-state index contributed by atoms with van der Waals surface area (Å²) in [7, 11) is -1.76. The zero-order chi connectivity index (χ0) is 21.7. The van der Waals surface area contributed by atoms with Crippen LogP contribution in [0.2, 0.25) is 0 Å². The summed E-state index contributed by atoms with van der Waals surface area (Å²) < 4.78 is 28.0. The minimum absolute atomic E-state index is 0.0480. The first-order chi connectivity index (χ1) is 14.3. The molecule has 0 spiro atoms. The number of sulfonamides is 1. The summed E-state index contributed by atoms with van der Waals surface area (Å²) in [6, 6.07) is 14.1. The lowest BCUT2D eigenvalue weighted by Gasteiger charge is -2.09. The third kappa shape index (κ3) is 4.97. The second kappa shape index (κ2) is 9.26. The van der Waals surface area contributed by atoms with Gasteiger partial charge in [-0.15, -0.1) is 0 Å². The first-order valence-corrected chi connectivity index (χ1v) is 11.7. The lowest BCUT2D eigenvalue weighted by Crippen LogP contribution is -2.31. The Hall–Kier alpha value is -2.93. The number of aromatic nitrogens is 2. The number of hydrogen-bond donors (Lipinski definition) is 1. The van der Waals surface area contributed by atoms with E-state index >= 15 is 0 Å². The normalized spacial score (nSPS) is 12.0. The van der Waals surface area contributed by atoms with Crippen LogP contribution < -0.4 is 4.72 Å². The average Bonchev–Trinajstić information content (AvgIpc) is 2.98. The van der Waals surface area contributed by atoms with Crippen molar-refractivity contribution in [2.45, 2.75) is 33.1 Å². The molecular weight excluding hydrogens is 398 g/mol. The van der Waals surface area contributed by atoms with Gasteiger partial charge in [0.2, 0.25) is 10.0 Å². The minimum atomic E-state index is -3.63. The number of fused-ring (bicyclic) bond motifs is 1. The average molecular weight is 426 g/mol. The van der Waals surface area contributed by atoms with Crippen molar-refractivity contribution in [3.63, 3.8) is 0 Å². The standard InChI is InChI=1S/C23H27N3O3S/c1-4-5-8-16-30(28,29)25-22(27)15-14-19-17(2)24-26(3)23(19)21-13-9-11-18-10-6-7-12-20(18)21/h6-7,9-15H,4-5,8,16H2,1-3H3,(H,25,27). The van der Waals surface area contributed by atoms with Crippen LogP contribution in [-0.4, -0.2) is 29.9 Å². The Labute approximate surface area is 177 Å². The van der Waals surface area contributed by atoms with Crippen LogP contribution >= 0.6 is 0 Å². The Bertz CT molecular complexity index is 1190. The van der Waals surface area contributed by atoms with E-state index in [1.54, 1.807) is 10.8 Å². The highest BCUT2D eigenvalue weighted by Crippen LogP contribution is 2.32. The first-order valence-electron chi connectivity index (χ1n) is 10.1. The van der Waals surface area contributed by atoms with E-state index in [0.717, 1.165) is 46.1 Å². The van der Waals surface area contributed by atoms with E-state index in [1.165, 1.54) is 6.08 Å². The van der Waals surface area contributed by atoms with Gasteiger partial charge in [-0.05, 0) is 30.2 Å². The summed E-state index contributed by atoms with van der Waals surface area (Å²) in [5, 5.41) is 6.71. The topological polar surface area (TPSA) is 81.1 Å². The van der Waals surface area contributed by atoms with E-state index in [4.69, 9.17) is 0 Å². The van der Waals surface area contributed by atoms with Gasteiger partial charge >= 0.3 is 0 Å². The second-order valence-electron chi connectivity index (χ2n) is 7.32. The van der Waals surface area contributed by atoms with E-state index in [0.29, 0.717) is 6.42 Å². The Morgan fingerprint density at radius 2 is 1.87 bits per heavy atom. The van der Waals surface area contributed by atoms with Crippen molar-refractivity contribution in [1.82, 2.24) is 14.5 Å². The van der Waals surface area contributed by atoms with Crippen LogP contribution in [0.15, 0.2) is 48.5 Å². The van der Waals surface area contributed by atoms with Gasteiger partial charge in [-0.2, -0.15) is 5.10 Å². The molecule has 1 amide bonds. The SMILES string of the molecule is CCCCCS(=O)(=O)NC(=O)C=Cc1c(C)nn(C)c1-c1cccc2ccccc12. The Balaban J connectivity index is 1.90. The van der Waals surface area contributed by atoms with E-state index in [9.17, 15) is 13.2 Å². The van der Waals surface area contributed by atoms with Crippen LogP contribution in [-0.2, 0) is 21.9 Å². The third-order valence-corrected chi connectivity index (χ3v) is 6.33. The molecule has 0 aliphatic rings. The van der Waals surface area contributed by atoms with E-state index in [-0.39, 0.29) is 5.75 Å². The fraction of sp³-hybridized carbons (Fsp3) is 0.304. The van der Waals surface area contributed by atoms with Crippen LogP contribution in [0.3, 0.4) is 0 Å². The lowest BCUT2D eigenvalue weighted by molar-refractivity contribution is -0.114. The second-order valence-corrected chi connectivity index (χ2v) is 9.17. The number of carbonyl (C=O) groups excluding carboxylic acids is 1. The molecule has 0 saturated heterocycles. The summed E-state index contributed by atoms with van der Waals surface area (Å²) >= 11 is 0. The van der Waals surface area contributed by atoms with E-state index in [1.807, 2.05) is 45.2 Å². The molecule has 7 heteroatoms. The summed E-state index contributed by atoms with van der Waals surface area (Å²) in [6.07, 6.45) is 5.16. The summed E-state index contributed by atoms with van der Waals surface area (Å²) in [4.78, 5) is 12.2. The molecule has 0 unspecified atom stereocenters. The van der Waals surface area contributed by atoms with Crippen molar-refractivity contribution in [1.29, 1.82) is 0 Å². The molecule has 1 N–H and O–H groups in total. The minimum Gasteiger partial charge on any atom is -0.269 e. The van der Waals surface area contributed by atoms with Gasteiger partial charge in [-0.1, -0.05) is 62.2 Å². The molecule has 0 aliphatic carbocycles. The molecule has 3 rings (SSSR count). The van der Waals surface area contributed by atoms with Crippen molar-refractivity contribution < 1.29 is 13.2 Å². The fourth-order valence-electron chi connectivity index (χ4n) is 3.56. The summed E-state index contributed by atoms with van der Waals surface area (Å²) in [5.74, 6) is -0.702. The van der Waals surface area contributed by atoms with Gasteiger partial charge in [0.05, 0.1) is 17.1 Å². The quantitative estimate of drug-likeness (QED) is 0.433. The Morgan fingerprint density at radius 3 is 2.63 bits per heavy atom. The summed E-state index contributed by atoms with van der Waals surface area (Å²) in [5.41, 5.74) is 3.42. The fourth-order valence-corrected chi connectivity index (χ4v) is 4.63. The van der Waals surface area contributed by atoms with Gasteiger partial charge in [-0.25, -0.2) is 13.1 Å². The molecule has 158 valence electrons. The highest BCUT2D eigenvalue weighted by atomic mass is 32.2. The highest BCUT2D eigenvalue weighted by Gasteiger charge is 2.16. The number of carbonyl (C=O) groups is 1. The molecule has 6 nitrogen and oxygen atoms in total. The number of hydrogen-bond acceptors (Lipinski definition) is 4. The number of benzene rings is 2. The van der Waals surface area contributed by atoms with Crippen LogP contribution in [0, 0.1) is 6.92 Å². The predicted octanol–water partition coefficient (Wildman–Crippen LogP) is 4.20. The van der Waals surface area contributed by atoms with Gasteiger partial charge in [0.15, 0.2) is 0 Å². The smallest absolute Gasteiger partial charge is 0.257 e. The molecule has 2 aromatic carbocycles. The third-order valence-electron chi connectivity index (χ3n) is 4.99. The molecule has 3 aromatic rings. The number of nitrogens with one attached hydrogen (secondary N) is 1. The van der Waals surface area contributed by atoms with Gasteiger partial charge in [-0.3, -0.25) is 9.48 Å². The monoisotopic (exact) mass is 425 g/mol. The molecule has 0 aliphatic heterocycles. The molecule has 0 fully saturated rings. The van der Waals surface area contributed by atoms with Gasteiger partial charge in [0.25, 0.3) is 5.91 Å². The predicted molar refractivity (Wildman–Crippen MR) is 121 cm³/mol. The van der Waals surface area contributed by atoms with Crippen molar-refractivity contribution in [3.05, 3.63) is 59.8 Å². The van der Waals surface area contributed by atoms with Crippen LogP contribution in [0.5, 0.6) is 0 Å². The van der Waals surface area contributed by atoms with Gasteiger partial charge in [0.1, 0.15) is 0 Å². The maximum absolute atomic E-state index is 12.2. The largest absolute Gasteiger partial charge is 0.269 e. The number of rotatable bonds is 8. The van der Waals surface area contributed by atoms with Crippen LogP contribution in [0.25, 0.3) is 28.1 Å². The summed E-state index contributed by atoms with van der Waals surface area (Å²) in [6.45, 7) is 3.87. The molecule has 0 atom stereocenters. The Kier molecular flexibility index (Phi) is 6.72. The molecule has 0 bridgehead atoms. The van der Waals surface area contributed by atoms with Crippen molar-refractivity contribution >= 4 is 32.8 Å². The highest BCUT2D eigenvalue weighted by molar-refractivity contribution is 7.90. The molecule has 1 heterocycles. The van der Waals surface area contributed by atoms with E-state index in [2.05, 4.69) is 28.0 Å². The maximum atomic E-state index is 12.2. The molecule has 1 aromatic heterocycles. The molecule has 0 saturated carbocycles. The van der Waals surface area contributed by atoms with Gasteiger partial charge in [0, 0.05) is 24.3 Å². The maximum Gasteiger partial charge on any atom is 0.257 e. The lowest BCUT2D eigenvalue weighted by atomic mass is 9.98. The Morgan fingerprint density at radius 1 is 1.13 bits per heavy atom. The van der Waals surface area contributed by atoms with Crippen LogP contribution in [0.1, 0.15) is 37.4 Å². The van der Waals surface area contributed by atoms with Crippen LogP contribution in [0.4, 0.5) is 0 Å². The number of amides is 1. The van der Waals surface area contributed by atoms with E-state index < -0.39 is 15.9 Å². The van der Waals surface area contributed by atoms with Gasteiger partial charge < -0.3 is 0 Å². The zero-order valence-electron chi connectivity index (χ0n) is 17.6. The van der Waals surface area contributed by atoms with Crippen molar-refractivity contribution in [2.75, 3.05) is 5.75 Å². The number of nitrogens with zero attached hydrogens (tertiary/aromatic N) is 2.